The van der Waals surface area contributed by atoms with Crippen LogP contribution in [0.2, 0.25) is 0 Å². The molecule has 0 radical (unpaired) electrons. The first kappa shape index (κ1) is 10.2. The zero-order valence-electron chi connectivity index (χ0n) is 7.85. The van der Waals surface area contributed by atoms with Crippen molar-refractivity contribution in [1.29, 1.82) is 0 Å². The molecule has 1 heterocycles. The number of imidazole rings is 1. The van der Waals surface area contributed by atoms with Crippen LogP contribution in [0.5, 0.6) is 0 Å². The molecule has 0 bridgehead atoms. The summed E-state index contributed by atoms with van der Waals surface area (Å²) in [6, 6.07) is 0. The second-order valence-electron chi connectivity index (χ2n) is 3.18. The third kappa shape index (κ3) is 3.16. The van der Waals surface area contributed by atoms with Gasteiger partial charge < -0.3 is 14.8 Å². The van der Waals surface area contributed by atoms with Crippen LogP contribution in [-0.2, 0) is 13.5 Å². The average molecular weight is 184 g/mol. The molecule has 0 saturated carbocycles. The Morgan fingerprint density at radius 2 is 2.38 bits per heavy atom. The predicted octanol–water partition coefficient (Wildman–Crippen LogP) is 0.0960. The van der Waals surface area contributed by atoms with E-state index in [4.69, 9.17) is 5.11 Å². The van der Waals surface area contributed by atoms with Crippen molar-refractivity contribution in [3.8, 4) is 0 Å². The van der Waals surface area contributed by atoms with Crippen molar-refractivity contribution in [2.24, 2.45) is 7.05 Å². The third-order valence-electron chi connectivity index (χ3n) is 2.03. The molecule has 4 nitrogen and oxygen atoms in total. The summed E-state index contributed by atoms with van der Waals surface area (Å²) in [5.74, 6) is 0.880. The van der Waals surface area contributed by atoms with Crippen LogP contribution in [0.4, 0.5) is 0 Å². The van der Waals surface area contributed by atoms with Gasteiger partial charge in [0.2, 0.25) is 0 Å². The van der Waals surface area contributed by atoms with Gasteiger partial charge in [0, 0.05) is 32.5 Å². The number of aliphatic hydroxyl groups is 2. The first-order valence-corrected chi connectivity index (χ1v) is 4.49. The Hall–Kier alpha value is -0.870. The first-order valence-electron chi connectivity index (χ1n) is 4.49. The highest BCUT2D eigenvalue weighted by Crippen LogP contribution is 2.04. The fourth-order valence-electron chi connectivity index (χ4n) is 1.23. The molecule has 0 spiro atoms. The monoisotopic (exact) mass is 184 g/mol. The van der Waals surface area contributed by atoms with Gasteiger partial charge in [-0.3, -0.25) is 0 Å². The standard InChI is InChI=1S/C9H16N2O2/c1-11-5-4-10-9(11)7-8(13)3-2-6-12/h4-5,8,12-13H,2-3,6-7H2,1H3. The summed E-state index contributed by atoms with van der Waals surface area (Å²) in [7, 11) is 1.90. The summed E-state index contributed by atoms with van der Waals surface area (Å²) in [6.07, 6.45) is 5.01. The summed E-state index contributed by atoms with van der Waals surface area (Å²) in [5, 5.41) is 18.1. The smallest absolute Gasteiger partial charge is 0.110 e. The Morgan fingerprint density at radius 1 is 1.62 bits per heavy atom. The summed E-state index contributed by atoms with van der Waals surface area (Å²) in [4.78, 5) is 4.10. The van der Waals surface area contributed by atoms with Gasteiger partial charge in [-0.15, -0.1) is 0 Å². The molecular formula is C9H16N2O2. The van der Waals surface area contributed by atoms with Crippen molar-refractivity contribution in [1.82, 2.24) is 9.55 Å². The normalized spacial score (nSPS) is 13.2. The van der Waals surface area contributed by atoms with Crippen LogP contribution in [0.15, 0.2) is 12.4 Å². The van der Waals surface area contributed by atoms with E-state index in [1.165, 1.54) is 0 Å². The lowest BCUT2D eigenvalue weighted by Gasteiger charge is -2.08. The van der Waals surface area contributed by atoms with Gasteiger partial charge in [-0.25, -0.2) is 4.98 Å². The van der Waals surface area contributed by atoms with E-state index in [-0.39, 0.29) is 6.61 Å². The van der Waals surface area contributed by atoms with E-state index in [9.17, 15) is 5.11 Å². The van der Waals surface area contributed by atoms with E-state index in [0.29, 0.717) is 19.3 Å². The van der Waals surface area contributed by atoms with Gasteiger partial charge in [0.1, 0.15) is 5.82 Å². The molecule has 1 aromatic heterocycles. The van der Waals surface area contributed by atoms with Gasteiger partial charge in [0.25, 0.3) is 0 Å². The molecule has 74 valence electrons. The van der Waals surface area contributed by atoms with Crippen molar-refractivity contribution >= 4 is 0 Å². The lowest BCUT2D eigenvalue weighted by molar-refractivity contribution is 0.147. The van der Waals surface area contributed by atoms with Gasteiger partial charge >= 0.3 is 0 Å². The summed E-state index contributed by atoms with van der Waals surface area (Å²) >= 11 is 0. The molecule has 1 atom stereocenters. The van der Waals surface area contributed by atoms with Gasteiger partial charge in [0.05, 0.1) is 6.10 Å². The first-order chi connectivity index (χ1) is 6.24. The van der Waals surface area contributed by atoms with Gasteiger partial charge in [0.15, 0.2) is 0 Å². The maximum absolute atomic E-state index is 9.51. The molecule has 0 aliphatic rings. The SMILES string of the molecule is Cn1ccnc1CC(O)CCCO. The molecule has 0 fully saturated rings. The van der Waals surface area contributed by atoms with E-state index in [1.807, 2.05) is 17.8 Å². The van der Waals surface area contributed by atoms with Crippen LogP contribution in [0, 0.1) is 0 Å². The Balaban J connectivity index is 2.36. The van der Waals surface area contributed by atoms with E-state index in [0.717, 1.165) is 5.82 Å². The van der Waals surface area contributed by atoms with E-state index < -0.39 is 6.10 Å². The van der Waals surface area contributed by atoms with E-state index >= 15 is 0 Å². The van der Waals surface area contributed by atoms with Crippen LogP contribution in [0.3, 0.4) is 0 Å². The molecule has 0 saturated heterocycles. The largest absolute Gasteiger partial charge is 0.396 e. The van der Waals surface area contributed by atoms with Gasteiger partial charge in [-0.05, 0) is 12.8 Å². The highest BCUT2D eigenvalue weighted by molar-refractivity contribution is 4.92. The minimum atomic E-state index is -0.395. The molecule has 1 aromatic rings. The zero-order valence-corrected chi connectivity index (χ0v) is 7.85. The number of aliphatic hydroxyl groups excluding tert-OH is 2. The molecule has 0 aliphatic heterocycles. The highest BCUT2D eigenvalue weighted by atomic mass is 16.3. The molecule has 4 heteroatoms. The number of rotatable bonds is 5. The van der Waals surface area contributed by atoms with Crippen LogP contribution >= 0.6 is 0 Å². The molecule has 1 rings (SSSR count). The Bertz CT molecular complexity index is 248. The molecule has 2 N–H and O–H groups in total. The van der Waals surface area contributed by atoms with Crippen molar-refractivity contribution in [2.75, 3.05) is 6.61 Å². The topological polar surface area (TPSA) is 58.3 Å². The second kappa shape index (κ2) is 4.99. The number of nitrogens with zero attached hydrogens (tertiary/aromatic N) is 2. The average Bonchev–Trinajstić information content (AvgIpc) is 2.48. The third-order valence-corrected chi connectivity index (χ3v) is 2.03. The fraction of sp³-hybridized carbons (Fsp3) is 0.667. The van der Waals surface area contributed by atoms with Crippen molar-refractivity contribution < 1.29 is 10.2 Å². The second-order valence-corrected chi connectivity index (χ2v) is 3.18. The molecular weight excluding hydrogens is 168 g/mol. The zero-order chi connectivity index (χ0) is 9.68. The van der Waals surface area contributed by atoms with Gasteiger partial charge in [-0.2, -0.15) is 0 Å². The quantitative estimate of drug-likeness (QED) is 0.682. The fourth-order valence-corrected chi connectivity index (χ4v) is 1.23. The Morgan fingerprint density at radius 3 is 2.92 bits per heavy atom. The van der Waals surface area contributed by atoms with E-state index in [2.05, 4.69) is 4.98 Å². The lowest BCUT2D eigenvalue weighted by atomic mass is 10.1. The predicted molar refractivity (Wildman–Crippen MR) is 49.2 cm³/mol. The van der Waals surface area contributed by atoms with E-state index in [1.54, 1.807) is 6.20 Å². The minimum Gasteiger partial charge on any atom is -0.396 e. The molecule has 13 heavy (non-hydrogen) atoms. The molecule has 0 aliphatic carbocycles. The molecule has 0 amide bonds. The maximum Gasteiger partial charge on any atom is 0.110 e. The number of hydrogen-bond acceptors (Lipinski definition) is 3. The van der Waals surface area contributed by atoms with Crippen LogP contribution in [0.1, 0.15) is 18.7 Å². The van der Waals surface area contributed by atoms with Crippen LogP contribution in [-0.4, -0.2) is 32.5 Å². The summed E-state index contributed by atoms with van der Waals surface area (Å²) in [5.41, 5.74) is 0. The van der Waals surface area contributed by atoms with Gasteiger partial charge in [-0.1, -0.05) is 0 Å². The lowest BCUT2D eigenvalue weighted by Crippen LogP contribution is -2.14. The van der Waals surface area contributed by atoms with Crippen LogP contribution in [0.25, 0.3) is 0 Å². The highest BCUT2D eigenvalue weighted by Gasteiger charge is 2.07. The van der Waals surface area contributed by atoms with Crippen molar-refractivity contribution in [3.05, 3.63) is 18.2 Å². The summed E-state index contributed by atoms with van der Waals surface area (Å²) < 4.78 is 1.89. The van der Waals surface area contributed by atoms with Crippen molar-refractivity contribution in [2.45, 2.75) is 25.4 Å². The number of aromatic nitrogens is 2. The summed E-state index contributed by atoms with van der Waals surface area (Å²) in [6.45, 7) is 0.137. The molecule has 1 unspecified atom stereocenters. The Labute approximate surface area is 77.8 Å². The number of aryl methyl sites for hydroxylation is 1. The van der Waals surface area contributed by atoms with Crippen molar-refractivity contribution in [3.63, 3.8) is 0 Å². The minimum absolute atomic E-state index is 0.137. The maximum atomic E-state index is 9.51. The number of hydrogen-bond donors (Lipinski definition) is 2. The molecule has 0 aromatic carbocycles. The Kier molecular flexibility index (Phi) is 3.92. The van der Waals surface area contributed by atoms with Crippen LogP contribution < -0.4 is 0 Å².